The zero-order valence-corrected chi connectivity index (χ0v) is 44.8. The lowest BCUT2D eigenvalue weighted by Gasteiger charge is -2.42. The molecule has 0 amide bonds. The van der Waals surface area contributed by atoms with E-state index in [4.69, 9.17) is 18.3 Å². The van der Waals surface area contributed by atoms with Crippen LogP contribution in [0.4, 0.5) is 0 Å². The maximum atomic E-state index is 6.74. The first-order chi connectivity index (χ1) is 29.1. The number of rotatable bonds is 36. The second-order valence-corrected chi connectivity index (χ2v) is 31.7. The van der Waals surface area contributed by atoms with Crippen molar-refractivity contribution in [2.75, 3.05) is 26.4 Å². The summed E-state index contributed by atoms with van der Waals surface area (Å²) in [5.41, 5.74) is 9.41. The van der Waals surface area contributed by atoms with E-state index in [1.54, 1.807) is 0 Å². The molecule has 352 valence electrons. The molecule has 6 heteroatoms. The van der Waals surface area contributed by atoms with Crippen LogP contribution in [-0.2, 0) is 15.3 Å². The van der Waals surface area contributed by atoms with Crippen LogP contribution in [-0.4, -0.2) is 43.1 Å². The summed E-state index contributed by atoms with van der Waals surface area (Å²) in [4.78, 5) is 0. The van der Waals surface area contributed by atoms with Gasteiger partial charge in [0.2, 0.25) is 0 Å². The Morgan fingerprint density at radius 3 is 0.836 bits per heavy atom. The van der Waals surface area contributed by atoms with Gasteiger partial charge in [-0.2, -0.15) is 0 Å². The topological polar surface area (TPSA) is 36.9 Å². The van der Waals surface area contributed by atoms with Crippen molar-refractivity contribution in [3.8, 4) is 11.5 Å². The third-order valence-electron chi connectivity index (χ3n) is 14.2. The molecule has 0 bridgehead atoms. The van der Waals surface area contributed by atoms with Crippen molar-refractivity contribution in [2.24, 2.45) is 0 Å². The summed E-state index contributed by atoms with van der Waals surface area (Å²) in [6.07, 6.45) is 24.2. The number of aryl methyl sites for hydroxylation is 2. The first kappa shape index (κ1) is 55.5. The van der Waals surface area contributed by atoms with Gasteiger partial charge in [0.05, 0.1) is 13.2 Å². The summed E-state index contributed by atoms with van der Waals surface area (Å²) in [7, 11) is -3.40. The van der Waals surface area contributed by atoms with Gasteiger partial charge in [0.1, 0.15) is 11.5 Å². The SMILES string of the molecule is Cc1cc(OCCCCCCCCCCCO[Si](C(C)C)(C(C)C)C(C)C)ccc1Cc1ccc(OCCCCCCCCCCCO[Si](C(C)C)(C(C)C)C(C)C)cc1C. The summed E-state index contributed by atoms with van der Waals surface area (Å²) in [5.74, 6) is 2.00. The predicted octanol–water partition coefficient (Wildman–Crippen LogP) is 18.1. The molecule has 0 heterocycles. The van der Waals surface area contributed by atoms with Crippen molar-refractivity contribution in [3.63, 3.8) is 0 Å². The standard InChI is InChI=1S/C55H100O4Si2/c1-44(2)60(45(3)4,46(5)6)58-39-31-27-23-19-15-17-21-25-29-37-56-54-35-33-52(50(13)41-54)43-53-34-36-55(42-51(53)14)57-38-30-26-22-18-16-20-24-28-32-40-59-61(47(7)8,48(9)10)49(11)12/h33-36,41-42,44-49H,15-32,37-40,43H2,1-14H3. The molecule has 0 saturated heterocycles. The molecule has 4 nitrogen and oxygen atoms in total. The lowest BCUT2D eigenvalue weighted by atomic mass is 9.97. The van der Waals surface area contributed by atoms with Crippen LogP contribution >= 0.6 is 0 Å². The van der Waals surface area contributed by atoms with Crippen LogP contribution in [0.15, 0.2) is 36.4 Å². The average Bonchev–Trinajstić information content (AvgIpc) is 3.19. The number of benzene rings is 2. The van der Waals surface area contributed by atoms with Crippen LogP contribution in [0.5, 0.6) is 11.5 Å². The first-order valence-corrected chi connectivity index (χ1v) is 30.1. The third-order valence-corrected chi connectivity index (χ3v) is 26.5. The van der Waals surface area contributed by atoms with Crippen molar-refractivity contribution < 1.29 is 18.3 Å². The fraction of sp³-hybridized carbons (Fsp3) is 0.782. The van der Waals surface area contributed by atoms with E-state index in [0.29, 0.717) is 33.2 Å². The normalized spacial score (nSPS) is 12.7. The number of hydrogen-bond acceptors (Lipinski definition) is 4. The minimum atomic E-state index is -1.70. The Morgan fingerprint density at radius 2 is 0.590 bits per heavy atom. The van der Waals surface area contributed by atoms with Gasteiger partial charge >= 0.3 is 0 Å². The Labute approximate surface area is 382 Å². The molecule has 0 aliphatic heterocycles. The number of ether oxygens (including phenoxy) is 2. The fourth-order valence-corrected chi connectivity index (χ4v) is 21.9. The molecule has 0 fully saturated rings. The van der Waals surface area contributed by atoms with Gasteiger partial charge in [-0.05, 0) is 126 Å². The monoisotopic (exact) mass is 881 g/mol. The third kappa shape index (κ3) is 19.2. The average molecular weight is 882 g/mol. The quantitative estimate of drug-likeness (QED) is 0.0505. The molecule has 0 unspecified atom stereocenters. The van der Waals surface area contributed by atoms with Gasteiger partial charge in [-0.15, -0.1) is 0 Å². The molecular formula is C55H100O4Si2. The predicted molar refractivity (Wildman–Crippen MR) is 273 cm³/mol. The summed E-state index contributed by atoms with van der Waals surface area (Å²) < 4.78 is 25.8. The lowest BCUT2D eigenvalue weighted by molar-refractivity contribution is 0.267. The van der Waals surface area contributed by atoms with Crippen molar-refractivity contribution in [1.82, 2.24) is 0 Å². The maximum Gasteiger partial charge on any atom is 0.200 e. The number of hydrogen-bond donors (Lipinski definition) is 0. The van der Waals surface area contributed by atoms with E-state index in [1.165, 1.54) is 125 Å². The molecule has 2 rings (SSSR count). The summed E-state index contributed by atoms with van der Waals surface area (Å²) in [5, 5.41) is 0. The highest BCUT2D eigenvalue weighted by Crippen LogP contribution is 2.43. The smallest absolute Gasteiger partial charge is 0.200 e. The largest absolute Gasteiger partial charge is 0.494 e. The van der Waals surface area contributed by atoms with Gasteiger partial charge in [-0.1, -0.05) is 185 Å². The minimum Gasteiger partial charge on any atom is -0.494 e. The second-order valence-electron chi connectivity index (χ2n) is 20.7. The molecule has 2 aromatic carbocycles. The van der Waals surface area contributed by atoms with Crippen LogP contribution in [0.25, 0.3) is 0 Å². The Balaban J connectivity index is 1.52. The van der Waals surface area contributed by atoms with Crippen LogP contribution in [0.2, 0.25) is 33.2 Å². The first-order valence-electron chi connectivity index (χ1n) is 25.8. The molecule has 2 aromatic rings. The number of unbranched alkanes of at least 4 members (excludes halogenated alkanes) is 16. The molecule has 0 radical (unpaired) electrons. The highest BCUT2D eigenvalue weighted by Gasteiger charge is 2.45. The van der Waals surface area contributed by atoms with Gasteiger partial charge in [0, 0.05) is 13.2 Å². The zero-order valence-electron chi connectivity index (χ0n) is 42.8. The van der Waals surface area contributed by atoms with Gasteiger partial charge in [0.15, 0.2) is 16.6 Å². The van der Waals surface area contributed by atoms with E-state index < -0.39 is 16.6 Å². The molecular weight excluding hydrogens is 781 g/mol. The van der Waals surface area contributed by atoms with Crippen molar-refractivity contribution in [2.45, 2.75) is 252 Å². The van der Waals surface area contributed by atoms with Gasteiger partial charge in [-0.3, -0.25) is 0 Å². The van der Waals surface area contributed by atoms with E-state index in [1.807, 2.05) is 0 Å². The van der Waals surface area contributed by atoms with E-state index in [9.17, 15) is 0 Å². The van der Waals surface area contributed by atoms with Crippen molar-refractivity contribution in [3.05, 3.63) is 58.7 Å². The van der Waals surface area contributed by atoms with Gasteiger partial charge in [0.25, 0.3) is 0 Å². The second kappa shape index (κ2) is 30.5. The Bertz CT molecular complexity index is 1270. The van der Waals surface area contributed by atoms with E-state index in [0.717, 1.165) is 57.2 Å². The summed E-state index contributed by atoms with van der Waals surface area (Å²) in [6.45, 7) is 36.6. The van der Waals surface area contributed by atoms with Crippen LogP contribution in [0.1, 0.15) is 221 Å². The van der Waals surface area contributed by atoms with Crippen molar-refractivity contribution >= 4 is 16.6 Å². The highest BCUT2D eigenvalue weighted by atomic mass is 28.4. The van der Waals surface area contributed by atoms with Crippen molar-refractivity contribution in [1.29, 1.82) is 0 Å². The maximum absolute atomic E-state index is 6.74. The highest BCUT2D eigenvalue weighted by molar-refractivity contribution is 6.78. The van der Waals surface area contributed by atoms with Crippen LogP contribution in [0.3, 0.4) is 0 Å². The lowest BCUT2D eigenvalue weighted by Crippen LogP contribution is -2.47. The summed E-state index contributed by atoms with van der Waals surface area (Å²) in [6, 6.07) is 13.3. The van der Waals surface area contributed by atoms with Crippen LogP contribution < -0.4 is 9.47 Å². The molecule has 0 spiro atoms. The molecule has 0 aliphatic rings. The van der Waals surface area contributed by atoms with E-state index >= 15 is 0 Å². The molecule has 0 aromatic heterocycles. The van der Waals surface area contributed by atoms with E-state index in [2.05, 4.69) is 133 Å². The Kier molecular flexibility index (Phi) is 27.8. The zero-order chi connectivity index (χ0) is 45.3. The Hall–Kier alpha value is -1.61. The van der Waals surface area contributed by atoms with Gasteiger partial charge < -0.3 is 18.3 Å². The minimum absolute atomic E-state index is 0.678. The van der Waals surface area contributed by atoms with E-state index in [-0.39, 0.29) is 0 Å². The molecule has 0 saturated carbocycles. The Morgan fingerprint density at radius 1 is 0.344 bits per heavy atom. The summed E-state index contributed by atoms with van der Waals surface area (Å²) >= 11 is 0. The fourth-order valence-electron chi connectivity index (χ4n) is 10.9. The molecule has 0 N–H and O–H groups in total. The van der Waals surface area contributed by atoms with Gasteiger partial charge in [-0.25, -0.2) is 0 Å². The molecule has 61 heavy (non-hydrogen) atoms. The molecule has 0 atom stereocenters. The van der Waals surface area contributed by atoms with Crippen LogP contribution in [0, 0.1) is 13.8 Å². The molecule has 0 aliphatic carbocycles.